The molecule has 2 heterocycles. The highest BCUT2D eigenvalue weighted by atomic mass is 16.5. The summed E-state index contributed by atoms with van der Waals surface area (Å²) in [5.41, 5.74) is 2.56. The summed E-state index contributed by atoms with van der Waals surface area (Å²) in [4.78, 5) is 17.5. The maximum absolute atomic E-state index is 13.2. The molecule has 150 valence electrons. The fourth-order valence-corrected chi connectivity index (χ4v) is 3.62. The summed E-state index contributed by atoms with van der Waals surface area (Å²) >= 11 is 0. The van der Waals surface area contributed by atoms with Crippen LogP contribution in [0.5, 0.6) is 5.75 Å². The lowest BCUT2D eigenvalue weighted by atomic mass is 10.1. The van der Waals surface area contributed by atoms with E-state index in [2.05, 4.69) is 32.6 Å². The van der Waals surface area contributed by atoms with Crippen LogP contribution in [-0.4, -0.2) is 69.2 Å². The molecular weight excluding hydrogens is 368 g/mol. The average molecular weight is 392 g/mol. The van der Waals surface area contributed by atoms with Gasteiger partial charge in [-0.2, -0.15) is 4.68 Å². The molecule has 29 heavy (non-hydrogen) atoms. The number of para-hydroxylation sites is 1. The number of tetrazole rings is 1. The largest absolute Gasteiger partial charge is 0.497 e. The van der Waals surface area contributed by atoms with E-state index in [4.69, 9.17) is 4.74 Å². The van der Waals surface area contributed by atoms with Gasteiger partial charge in [0.25, 0.3) is 5.91 Å². The minimum atomic E-state index is 0.0161. The van der Waals surface area contributed by atoms with Crippen LogP contribution in [0.15, 0.2) is 54.9 Å². The molecule has 3 aromatic rings. The Kier molecular flexibility index (Phi) is 5.81. The number of nitrogens with zero attached hydrogens (tertiary/aromatic N) is 6. The molecule has 0 aliphatic carbocycles. The summed E-state index contributed by atoms with van der Waals surface area (Å²) in [7, 11) is 1.67. The van der Waals surface area contributed by atoms with E-state index in [9.17, 15) is 4.79 Å². The molecule has 1 aliphatic heterocycles. The molecule has 0 bridgehead atoms. The maximum Gasteiger partial charge on any atom is 0.256 e. The summed E-state index contributed by atoms with van der Waals surface area (Å²) in [6.45, 7) is 4.10. The Labute approximate surface area is 169 Å². The Morgan fingerprint density at radius 3 is 2.62 bits per heavy atom. The van der Waals surface area contributed by atoms with Crippen LogP contribution >= 0.6 is 0 Å². The zero-order valence-corrected chi connectivity index (χ0v) is 16.4. The topological polar surface area (TPSA) is 76.4 Å². The number of hydrogen-bond donors (Lipinski definition) is 0. The highest BCUT2D eigenvalue weighted by Crippen LogP contribution is 2.18. The maximum atomic E-state index is 13.2. The lowest BCUT2D eigenvalue weighted by Gasteiger charge is -2.23. The van der Waals surface area contributed by atoms with Gasteiger partial charge in [-0.3, -0.25) is 9.69 Å². The summed E-state index contributed by atoms with van der Waals surface area (Å²) < 4.78 is 6.76. The molecule has 0 N–H and O–H groups in total. The summed E-state index contributed by atoms with van der Waals surface area (Å²) in [5, 5.41) is 11.3. The van der Waals surface area contributed by atoms with Crippen LogP contribution < -0.4 is 4.74 Å². The van der Waals surface area contributed by atoms with E-state index in [1.165, 1.54) is 16.6 Å². The molecule has 1 fully saturated rings. The Morgan fingerprint density at radius 2 is 1.86 bits per heavy atom. The average Bonchev–Trinajstić information content (AvgIpc) is 3.21. The third-order valence-electron chi connectivity index (χ3n) is 5.17. The van der Waals surface area contributed by atoms with Gasteiger partial charge in [-0.25, -0.2) is 0 Å². The van der Waals surface area contributed by atoms with Gasteiger partial charge >= 0.3 is 0 Å². The van der Waals surface area contributed by atoms with Crippen molar-refractivity contribution in [2.45, 2.75) is 13.0 Å². The van der Waals surface area contributed by atoms with Crippen LogP contribution in [0.25, 0.3) is 5.69 Å². The lowest BCUT2D eigenvalue weighted by molar-refractivity contribution is 0.0761. The highest BCUT2D eigenvalue weighted by Gasteiger charge is 2.23. The second-order valence-corrected chi connectivity index (χ2v) is 7.04. The van der Waals surface area contributed by atoms with Crippen molar-refractivity contribution in [3.63, 3.8) is 0 Å². The lowest BCUT2D eigenvalue weighted by Crippen LogP contribution is -2.35. The quantitative estimate of drug-likeness (QED) is 0.661. The van der Waals surface area contributed by atoms with Crippen molar-refractivity contribution in [3.8, 4) is 11.4 Å². The molecule has 0 atom stereocenters. The summed E-state index contributed by atoms with van der Waals surface area (Å²) in [6, 6.07) is 15.6. The predicted molar refractivity (Wildman–Crippen MR) is 108 cm³/mol. The highest BCUT2D eigenvalue weighted by molar-refractivity contribution is 5.97. The number of carbonyl (C=O) groups excluding carboxylic acids is 1. The molecule has 2 aromatic carbocycles. The Bertz CT molecular complexity index is 942. The van der Waals surface area contributed by atoms with E-state index < -0.39 is 0 Å². The Hall–Kier alpha value is -3.26. The van der Waals surface area contributed by atoms with Gasteiger partial charge in [0.1, 0.15) is 12.1 Å². The number of ether oxygens (including phenoxy) is 1. The van der Waals surface area contributed by atoms with Crippen LogP contribution in [0, 0.1) is 0 Å². The van der Waals surface area contributed by atoms with Crippen LogP contribution in [0.1, 0.15) is 22.3 Å². The zero-order valence-electron chi connectivity index (χ0n) is 16.4. The molecule has 8 heteroatoms. The van der Waals surface area contributed by atoms with E-state index in [0.29, 0.717) is 17.8 Å². The standard InChI is InChI=1S/C21H24N6O2/c1-29-18-9-7-17(8-10-18)15-25-11-4-12-26(14-13-25)21(28)19-5-2-3-6-20(19)27-16-22-23-24-27/h2-3,5-10,16H,4,11-15H2,1H3. The van der Waals surface area contributed by atoms with Gasteiger partial charge in [-0.1, -0.05) is 24.3 Å². The van der Waals surface area contributed by atoms with Gasteiger partial charge in [-0.15, -0.1) is 5.10 Å². The van der Waals surface area contributed by atoms with Crippen LogP contribution in [0.2, 0.25) is 0 Å². The van der Waals surface area contributed by atoms with Gasteiger partial charge in [0.15, 0.2) is 0 Å². The van der Waals surface area contributed by atoms with Crippen LogP contribution in [-0.2, 0) is 6.54 Å². The molecule has 0 radical (unpaired) electrons. The van der Waals surface area contributed by atoms with Crippen molar-refractivity contribution in [2.75, 3.05) is 33.3 Å². The van der Waals surface area contributed by atoms with Gasteiger partial charge in [-0.05, 0) is 46.7 Å². The second kappa shape index (κ2) is 8.83. The first-order valence-electron chi connectivity index (χ1n) is 9.71. The minimum Gasteiger partial charge on any atom is -0.497 e. The third-order valence-corrected chi connectivity index (χ3v) is 5.17. The molecule has 8 nitrogen and oxygen atoms in total. The molecule has 1 amide bonds. The van der Waals surface area contributed by atoms with Crippen molar-refractivity contribution in [1.82, 2.24) is 30.0 Å². The van der Waals surface area contributed by atoms with Gasteiger partial charge < -0.3 is 9.64 Å². The van der Waals surface area contributed by atoms with Crippen LogP contribution in [0.3, 0.4) is 0 Å². The number of carbonyl (C=O) groups is 1. The van der Waals surface area contributed by atoms with Gasteiger partial charge in [0.2, 0.25) is 0 Å². The smallest absolute Gasteiger partial charge is 0.256 e. The van der Waals surface area contributed by atoms with Crippen molar-refractivity contribution >= 4 is 5.91 Å². The summed E-state index contributed by atoms with van der Waals surface area (Å²) in [6.07, 6.45) is 2.44. The van der Waals surface area contributed by atoms with E-state index in [0.717, 1.165) is 38.3 Å². The minimum absolute atomic E-state index is 0.0161. The van der Waals surface area contributed by atoms with Crippen molar-refractivity contribution in [3.05, 3.63) is 66.0 Å². The van der Waals surface area contributed by atoms with Gasteiger partial charge in [0, 0.05) is 32.7 Å². The fraction of sp³-hybridized carbons (Fsp3) is 0.333. The van der Waals surface area contributed by atoms with Gasteiger partial charge in [0.05, 0.1) is 18.4 Å². The van der Waals surface area contributed by atoms with E-state index >= 15 is 0 Å². The summed E-state index contributed by atoms with van der Waals surface area (Å²) in [5.74, 6) is 0.880. The van der Waals surface area contributed by atoms with Crippen molar-refractivity contribution < 1.29 is 9.53 Å². The number of benzene rings is 2. The normalized spacial score (nSPS) is 15.1. The van der Waals surface area contributed by atoms with Crippen LogP contribution in [0.4, 0.5) is 0 Å². The second-order valence-electron chi connectivity index (χ2n) is 7.04. The zero-order chi connectivity index (χ0) is 20.1. The molecule has 4 rings (SSSR count). The monoisotopic (exact) mass is 392 g/mol. The third kappa shape index (κ3) is 4.43. The SMILES string of the molecule is COc1ccc(CN2CCCN(C(=O)c3ccccc3-n3cnnn3)CC2)cc1. The van der Waals surface area contributed by atoms with E-state index in [1.807, 2.05) is 41.3 Å². The number of hydrogen-bond acceptors (Lipinski definition) is 6. The number of rotatable bonds is 5. The number of amides is 1. The molecular formula is C21H24N6O2. The Morgan fingerprint density at radius 1 is 1.03 bits per heavy atom. The first kappa shape index (κ1) is 19.1. The van der Waals surface area contributed by atoms with Crippen molar-refractivity contribution in [1.29, 1.82) is 0 Å². The first-order chi connectivity index (χ1) is 14.2. The Balaban J connectivity index is 1.43. The molecule has 0 saturated carbocycles. The molecule has 0 spiro atoms. The molecule has 1 aromatic heterocycles. The first-order valence-corrected chi connectivity index (χ1v) is 9.71. The number of aromatic nitrogens is 4. The molecule has 0 unspecified atom stereocenters. The molecule has 1 aliphatic rings. The van der Waals surface area contributed by atoms with E-state index in [1.54, 1.807) is 7.11 Å². The predicted octanol–water partition coefficient (Wildman–Crippen LogP) is 2.02. The fourth-order valence-electron chi connectivity index (χ4n) is 3.62. The molecule has 1 saturated heterocycles. The number of methoxy groups -OCH3 is 1. The van der Waals surface area contributed by atoms with E-state index in [-0.39, 0.29) is 5.91 Å². The van der Waals surface area contributed by atoms with Crippen molar-refractivity contribution in [2.24, 2.45) is 0 Å².